The first-order valence-electron chi connectivity index (χ1n) is 7.65. The number of rotatable bonds is 5. The van der Waals surface area contributed by atoms with Crippen molar-refractivity contribution in [1.29, 1.82) is 0 Å². The number of carbonyl (C=O) groups is 1. The zero-order valence-electron chi connectivity index (χ0n) is 12.5. The average Bonchev–Trinajstić information content (AvgIpc) is 2.35. The van der Waals surface area contributed by atoms with Crippen LogP contribution in [0.5, 0.6) is 0 Å². The molecule has 2 heterocycles. The molecule has 0 spiro atoms. The Bertz CT molecular complexity index is 341. The van der Waals surface area contributed by atoms with E-state index in [2.05, 4.69) is 16.8 Å². The van der Waals surface area contributed by atoms with Gasteiger partial charge in [0.15, 0.2) is 0 Å². The average molecular weight is 264 g/mol. The predicted octanol–water partition coefficient (Wildman–Crippen LogP) is 2.58. The molecule has 0 aromatic heterocycles. The number of hydrogen-bond acceptors (Lipinski definition) is 2. The molecular formula is C16H28N2O. The molecule has 0 radical (unpaired) electrons. The standard InChI is InChI=1S/C16H28N2O/c1-13(2)10-14(3)15(19)17-11-16-6-4-8-18(12-16)9-5-7-16/h14H,1,4-12H2,2-3H3,(H,17,19). The molecule has 2 saturated heterocycles. The molecule has 1 amide bonds. The van der Waals surface area contributed by atoms with E-state index in [1.54, 1.807) is 0 Å². The van der Waals surface area contributed by atoms with Crippen LogP contribution in [-0.4, -0.2) is 37.0 Å². The fourth-order valence-electron chi connectivity index (χ4n) is 3.68. The number of allylic oxidation sites excluding steroid dienone is 1. The van der Waals surface area contributed by atoms with Crippen LogP contribution in [0.25, 0.3) is 0 Å². The summed E-state index contributed by atoms with van der Waals surface area (Å²) in [5.41, 5.74) is 1.44. The highest BCUT2D eigenvalue weighted by Gasteiger charge is 2.38. The normalized spacial score (nSPS) is 31.6. The van der Waals surface area contributed by atoms with Crippen molar-refractivity contribution in [3.63, 3.8) is 0 Å². The second-order valence-electron chi connectivity index (χ2n) is 6.76. The summed E-state index contributed by atoms with van der Waals surface area (Å²) >= 11 is 0. The zero-order valence-corrected chi connectivity index (χ0v) is 12.5. The van der Waals surface area contributed by atoms with Crippen LogP contribution in [0.3, 0.4) is 0 Å². The number of hydrogen-bond donors (Lipinski definition) is 1. The summed E-state index contributed by atoms with van der Waals surface area (Å²) in [5, 5.41) is 3.20. The van der Waals surface area contributed by atoms with Gasteiger partial charge in [0, 0.05) is 24.4 Å². The molecule has 3 nitrogen and oxygen atoms in total. The summed E-state index contributed by atoms with van der Waals surface area (Å²) in [6.45, 7) is 12.4. The molecule has 108 valence electrons. The quantitative estimate of drug-likeness (QED) is 0.774. The van der Waals surface area contributed by atoms with Gasteiger partial charge in [-0.2, -0.15) is 0 Å². The van der Waals surface area contributed by atoms with Crippen LogP contribution in [-0.2, 0) is 4.79 Å². The third kappa shape index (κ3) is 3.82. The summed E-state index contributed by atoms with van der Waals surface area (Å²) in [5.74, 6) is 0.247. The monoisotopic (exact) mass is 264 g/mol. The molecule has 2 aliphatic rings. The predicted molar refractivity (Wildman–Crippen MR) is 78.9 cm³/mol. The Morgan fingerprint density at radius 3 is 2.58 bits per heavy atom. The Labute approximate surface area is 117 Å². The highest BCUT2D eigenvalue weighted by molar-refractivity contribution is 5.78. The van der Waals surface area contributed by atoms with E-state index in [1.165, 1.54) is 45.3 Å². The number of fused-ring (bicyclic) bond motifs is 2. The first kappa shape index (κ1) is 14.6. The number of piperidine rings is 2. The second kappa shape index (κ2) is 6.08. The SMILES string of the molecule is C=C(C)CC(C)C(=O)NCC12CCCN(CCC1)C2. The summed E-state index contributed by atoms with van der Waals surface area (Å²) in [7, 11) is 0. The van der Waals surface area contributed by atoms with Crippen LogP contribution < -0.4 is 5.32 Å². The van der Waals surface area contributed by atoms with E-state index >= 15 is 0 Å². The molecule has 2 fully saturated rings. The van der Waals surface area contributed by atoms with Gasteiger partial charge in [-0.1, -0.05) is 12.5 Å². The van der Waals surface area contributed by atoms with Gasteiger partial charge in [-0.25, -0.2) is 0 Å². The van der Waals surface area contributed by atoms with E-state index in [0.717, 1.165) is 18.5 Å². The van der Waals surface area contributed by atoms with Crippen molar-refractivity contribution in [3.8, 4) is 0 Å². The molecule has 1 atom stereocenters. The van der Waals surface area contributed by atoms with Crippen LogP contribution in [0.4, 0.5) is 0 Å². The first-order chi connectivity index (χ1) is 9.01. The lowest BCUT2D eigenvalue weighted by molar-refractivity contribution is -0.125. The fraction of sp³-hybridized carbons (Fsp3) is 0.812. The van der Waals surface area contributed by atoms with Crippen molar-refractivity contribution in [2.24, 2.45) is 11.3 Å². The van der Waals surface area contributed by atoms with Gasteiger partial charge < -0.3 is 10.2 Å². The van der Waals surface area contributed by atoms with Gasteiger partial charge in [-0.15, -0.1) is 6.58 Å². The van der Waals surface area contributed by atoms with Crippen molar-refractivity contribution >= 4 is 5.91 Å². The Balaban J connectivity index is 1.83. The highest BCUT2D eigenvalue weighted by Crippen LogP contribution is 2.37. The maximum absolute atomic E-state index is 12.1. The lowest BCUT2D eigenvalue weighted by atomic mass is 9.73. The first-order valence-corrected chi connectivity index (χ1v) is 7.65. The number of nitrogens with one attached hydrogen (secondary N) is 1. The molecular weight excluding hydrogens is 236 g/mol. The Kier molecular flexibility index (Phi) is 4.67. The van der Waals surface area contributed by atoms with Crippen LogP contribution in [0.15, 0.2) is 12.2 Å². The number of carbonyl (C=O) groups excluding carboxylic acids is 1. The molecule has 2 aliphatic heterocycles. The molecule has 1 N–H and O–H groups in total. The van der Waals surface area contributed by atoms with Gasteiger partial charge >= 0.3 is 0 Å². The van der Waals surface area contributed by atoms with Crippen molar-refractivity contribution in [3.05, 3.63) is 12.2 Å². The molecule has 0 saturated carbocycles. The van der Waals surface area contributed by atoms with Crippen LogP contribution >= 0.6 is 0 Å². The summed E-state index contributed by atoms with van der Waals surface area (Å²) in [6.07, 6.45) is 5.93. The topological polar surface area (TPSA) is 32.3 Å². The van der Waals surface area contributed by atoms with E-state index in [0.29, 0.717) is 5.41 Å². The van der Waals surface area contributed by atoms with Gasteiger partial charge in [0.1, 0.15) is 0 Å². The minimum Gasteiger partial charge on any atom is -0.355 e. The van der Waals surface area contributed by atoms with Crippen LogP contribution in [0, 0.1) is 11.3 Å². The molecule has 19 heavy (non-hydrogen) atoms. The number of amides is 1. The van der Waals surface area contributed by atoms with Crippen molar-refractivity contribution < 1.29 is 4.79 Å². The van der Waals surface area contributed by atoms with Gasteiger partial charge in [0.25, 0.3) is 0 Å². The lowest BCUT2D eigenvalue weighted by Gasteiger charge is -2.47. The molecule has 3 heteroatoms. The fourth-order valence-corrected chi connectivity index (χ4v) is 3.68. The van der Waals surface area contributed by atoms with E-state index in [-0.39, 0.29) is 11.8 Å². The maximum Gasteiger partial charge on any atom is 0.223 e. The minimum atomic E-state index is 0.0529. The van der Waals surface area contributed by atoms with Crippen molar-refractivity contribution in [1.82, 2.24) is 10.2 Å². The summed E-state index contributed by atoms with van der Waals surface area (Å²) < 4.78 is 0. The van der Waals surface area contributed by atoms with Gasteiger partial charge in [0.05, 0.1) is 0 Å². The molecule has 0 aromatic carbocycles. The van der Waals surface area contributed by atoms with Crippen molar-refractivity contribution in [2.45, 2.75) is 46.0 Å². The third-order valence-electron chi connectivity index (χ3n) is 4.66. The Morgan fingerprint density at radius 1 is 1.37 bits per heavy atom. The van der Waals surface area contributed by atoms with Crippen LogP contribution in [0.1, 0.15) is 46.0 Å². The van der Waals surface area contributed by atoms with Gasteiger partial charge in [0.2, 0.25) is 5.91 Å². The summed E-state index contributed by atoms with van der Waals surface area (Å²) in [4.78, 5) is 14.7. The smallest absolute Gasteiger partial charge is 0.223 e. The van der Waals surface area contributed by atoms with E-state index in [1.807, 2.05) is 13.8 Å². The number of nitrogens with zero attached hydrogens (tertiary/aromatic N) is 1. The second-order valence-corrected chi connectivity index (χ2v) is 6.76. The molecule has 2 bridgehead atoms. The zero-order chi connectivity index (χ0) is 13.9. The lowest BCUT2D eigenvalue weighted by Crippen LogP contribution is -2.53. The summed E-state index contributed by atoms with van der Waals surface area (Å²) in [6, 6.07) is 0. The largest absolute Gasteiger partial charge is 0.355 e. The Hall–Kier alpha value is -0.830. The maximum atomic E-state index is 12.1. The van der Waals surface area contributed by atoms with Gasteiger partial charge in [-0.3, -0.25) is 4.79 Å². The molecule has 0 aliphatic carbocycles. The molecule has 0 aromatic rings. The van der Waals surface area contributed by atoms with Crippen molar-refractivity contribution in [2.75, 3.05) is 26.2 Å². The van der Waals surface area contributed by atoms with E-state index in [4.69, 9.17) is 0 Å². The van der Waals surface area contributed by atoms with E-state index < -0.39 is 0 Å². The van der Waals surface area contributed by atoms with Crippen LogP contribution in [0.2, 0.25) is 0 Å². The highest BCUT2D eigenvalue weighted by atomic mass is 16.1. The molecule has 1 unspecified atom stereocenters. The minimum absolute atomic E-state index is 0.0529. The van der Waals surface area contributed by atoms with Gasteiger partial charge in [-0.05, 0) is 52.1 Å². The molecule has 2 rings (SSSR count). The Morgan fingerprint density at radius 2 is 2.00 bits per heavy atom. The van der Waals surface area contributed by atoms with E-state index in [9.17, 15) is 4.79 Å². The third-order valence-corrected chi connectivity index (χ3v) is 4.66.